The Hall–Kier alpha value is -5.34. The van der Waals surface area contributed by atoms with Crippen LogP contribution in [0.5, 0.6) is 5.75 Å². The van der Waals surface area contributed by atoms with Crippen LogP contribution in [0, 0.1) is 17.2 Å². The van der Waals surface area contributed by atoms with E-state index in [-0.39, 0.29) is 45.4 Å². The predicted molar refractivity (Wildman–Crippen MR) is 238 cm³/mol. The standard InChI is InChI=1S/C46H55F4N9O6S/c1-2-65-40-21-31(53-38-6-8-41(60)55-43(38)61)3-7-39(40)58-15-9-29(10-16-58)27-57-17-13-45(14-18-57)23-34(24-45)66(62,63)33-4-5-37(36(47)22-33)54-44-51-26-35(46(48,49)50)42(56-44)30-25-52-59(28-30)32-11-19-64-20-12-32/h3-5,7,21-22,25-26,28-29,32,34,38,53H,2,6,8-20,23-24,27H2,1H3,(H,51,54,56)(H,55,60,61). The Morgan fingerprint density at radius 1 is 0.970 bits per heavy atom. The van der Waals surface area contributed by atoms with Gasteiger partial charge in [-0.25, -0.2) is 22.8 Å². The van der Waals surface area contributed by atoms with E-state index < -0.39 is 44.4 Å². The first-order valence-electron chi connectivity index (χ1n) is 22.9. The smallest absolute Gasteiger partial charge is 0.419 e. The summed E-state index contributed by atoms with van der Waals surface area (Å²) >= 11 is 0. The number of piperidine rings is 3. The molecule has 1 saturated carbocycles. The Bertz CT molecular complexity index is 2530. The second-order valence-electron chi connectivity index (χ2n) is 18.3. The van der Waals surface area contributed by atoms with Crippen LogP contribution >= 0.6 is 0 Å². The van der Waals surface area contributed by atoms with Crippen molar-refractivity contribution in [2.24, 2.45) is 11.3 Å². The lowest BCUT2D eigenvalue weighted by Gasteiger charge is -2.52. The highest BCUT2D eigenvalue weighted by Crippen LogP contribution is 2.53. The number of carbonyl (C=O) groups is 2. The molecule has 4 aliphatic heterocycles. The fourth-order valence-corrected chi connectivity index (χ4v) is 12.3. The number of aromatic nitrogens is 4. The van der Waals surface area contributed by atoms with Crippen molar-refractivity contribution in [1.29, 1.82) is 0 Å². The van der Waals surface area contributed by atoms with Gasteiger partial charge in [0.15, 0.2) is 9.84 Å². The Kier molecular flexibility index (Phi) is 13.0. The first-order chi connectivity index (χ1) is 31.7. The van der Waals surface area contributed by atoms with Crippen LogP contribution in [0.25, 0.3) is 11.3 Å². The number of alkyl halides is 3. The largest absolute Gasteiger partial charge is 0.492 e. The van der Waals surface area contributed by atoms with Gasteiger partial charge in [-0.15, -0.1) is 0 Å². The van der Waals surface area contributed by atoms with E-state index >= 15 is 4.39 Å². The van der Waals surface area contributed by atoms with Gasteiger partial charge < -0.3 is 29.9 Å². The van der Waals surface area contributed by atoms with Crippen LogP contribution in [0.3, 0.4) is 0 Å². The Labute approximate surface area is 380 Å². The molecular formula is C46H55F4N9O6S. The third kappa shape index (κ3) is 9.86. The molecule has 2 aromatic heterocycles. The number of nitrogens with zero attached hydrogens (tertiary/aromatic N) is 6. The van der Waals surface area contributed by atoms with Crippen molar-refractivity contribution in [3.05, 3.63) is 66.4 Å². The zero-order valence-corrected chi connectivity index (χ0v) is 37.6. The quantitative estimate of drug-likeness (QED) is 0.0913. The Morgan fingerprint density at radius 2 is 1.73 bits per heavy atom. The normalized spacial score (nSPS) is 21.4. The van der Waals surface area contributed by atoms with Crippen LogP contribution in [0.1, 0.15) is 82.7 Å². The zero-order valence-electron chi connectivity index (χ0n) is 36.8. The Morgan fingerprint density at radius 3 is 2.42 bits per heavy atom. The van der Waals surface area contributed by atoms with E-state index in [0.29, 0.717) is 70.5 Å². The number of ether oxygens (including phenoxy) is 2. The molecule has 0 bridgehead atoms. The van der Waals surface area contributed by atoms with Gasteiger partial charge in [-0.1, -0.05) is 0 Å². The minimum absolute atomic E-state index is 0.0234. The topological polar surface area (TPSA) is 173 Å². The Balaban J connectivity index is 0.759. The van der Waals surface area contributed by atoms with Crippen molar-refractivity contribution >= 4 is 44.7 Å². The predicted octanol–water partition coefficient (Wildman–Crippen LogP) is 7.14. The van der Waals surface area contributed by atoms with E-state index in [4.69, 9.17) is 9.47 Å². The summed E-state index contributed by atoms with van der Waals surface area (Å²) in [6, 6.07) is 8.92. The fraction of sp³-hybridized carbons (Fsp3) is 0.543. The van der Waals surface area contributed by atoms with Gasteiger partial charge in [0, 0.05) is 69.0 Å². The van der Waals surface area contributed by atoms with E-state index in [2.05, 4.69) is 40.8 Å². The maximum Gasteiger partial charge on any atom is 0.419 e. The van der Waals surface area contributed by atoms with Crippen molar-refractivity contribution < 1.29 is 45.0 Å². The lowest BCUT2D eigenvalue weighted by molar-refractivity contribution is -0.137. The third-order valence-corrected chi connectivity index (χ3v) is 16.2. The monoisotopic (exact) mass is 937 g/mol. The number of rotatable bonds is 13. The number of sulfone groups is 1. The van der Waals surface area contributed by atoms with E-state index in [9.17, 15) is 31.2 Å². The number of nitrogens with one attached hydrogen (secondary N) is 3. The molecule has 1 spiro atoms. The van der Waals surface area contributed by atoms with Crippen molar-refractivity contribution in [3.63, 3.8) is 0 Å². The molecule has 6 heterocycles. The van der Waals surface area contributed by atoms with Gasteiger partial charge in [-0.3, -0.25) is 19.6 Å². The molecule has 4 saturated heterocycles. The van der Waals surface area contributed by atoms with Crippen LogP contribution in [-0.4, -0.2) is 109 Å². The summed E-state index contributed by atoms with van der Waals surface area (Å²) in [4.78, 5) is 36.5. The minimum Gasteiger partial charge on any atom is -0.492 e. The first-order valence-corrected chi connectivity index (χ1v) is 24.4. The number of anilines is 4. The number of imide groups is 1. The first kappa shape index (κ1) is 45.8. The number of hydrogen-bond donors (Lipinski definition) is 3. The van der Waals surface area contributed by atoms with Gasteiger partial charge >= 0.3 is 6.18 Å². The van der Waals surface area contributed by atoms with Gasteiger partial charge in [0.05, 0.1) is 46.1 Å². The summed E-state index contributed by atoms with van der Waals surface area (Å²) < 4.78 is 98.3. The molecule has 1 atom stereocenters. The number of benzene rings is 2. The summed E-state index contributed by atoms with van der Waals surface area (Å²) in [5.74, 6) is -0.474. The van der Waals surface area contributed by atoms with E-state index in [0.717, 1.165) is 81.6 Å². The number of likely N-dealkylation sites (tertiary alicyclic amines) is 1. The maximum atomic E-state index is 15.6. The number of halogens is 4. The number of carbonyl (C=O) groups excluding carboxylic acids is 2. The molecule has 1 unspecified atom stereocenters. The van der Waals surface area contributed by atoms with E-state index in [1.807, 2.05) is 25.1 Å². The van der Waals surface area contributed by atoms with Gasteiger partial charge in [0.25, 0.3) is 0 Å². The molecule has 0 radical (unpaired) electrons. The van der Waals surface area contributed by atoms with Gasteiger partial charge in [-0.05, 0) is 119 Å². The molecule has 66 heavy (non-hydrogen) atoms. The van der Waals surface area contributed by atoms with Gasteiger partial charge in [0.2, 0.25) is 17.8 Å². The maximum absolute atomic E-state index is 15.6. The van der Waals surface area contributed by atoms with Crippen molar-refractivity contribution in [1.82, 2.24) is 30.0 Å². The van der Waals surface area contributed by atoms with Crippen LogP contribution < -0.4 is 25.6 Å². The second kappa shape index (κ2) is 18.7. The minimum atomic E-state index is -4.76. The molecule has 5 fully saturated rings. The van der Waals surface area contributed by atoms with Crippen LogP contribution in [0.15, 0.2) is 59.9 Å². The molecule has 2 aromatic carbocycles. The zero-order chi connectivity index (χ0) is 46.2. The summed E-state index contributed by atoms with van der Waals surface area (Å²) in [6.07, 6.45) is 5.66. The summed E-state index contributed by atoms with van der Waals surface area (Å²) in [5.41, 5.74) is 0.189. The van der Waals surface area contributed by atoms with Gasteiger partial charge in [-0.2, -0.15) is 18.3 Å². The van der Waals surface area contributed by atoms with Crippen LogP contribution in [-0.2, 0) is 30.3 Å². The van der Waals surface area contributed by atoms with E-state index in [1.54, 1.807) is 4.68 Å². The molecule has 20 heteroatoms. The molecule has 2 amide bonds. The summed E-state index contributed by atoms with van der Waals surface area (Å²) in [7, 11) is -3.85. The SMILES string of the molecule is CCOc1cc(NC2CCC(=O)NC2=O)ccc1N1CCC(CN2CCC3(CC2)CC(S(=O)(=O)c2ccc(Nc4ncc(C(F)(F)F)c(-c5cnn(C6CCOCC6)c5)n4)c(F)c2)C3)CC1. The molecule has 4 aromatic rings. The highest BCUT2D eigenvalue weighted by Gasteiger charge is 2.51. The molecule has 5 aliphatic rings. The van der Waals surface area contributed by atoms with E-state index in [1.165, 1.54) is 24.5 Å². The van der Waals surface area contributed by atoms with Crippen molar-refractivity contribution in [3.8, 4) is 17.0 Å². The van der Waals surface area contributed by atoms with Crippen LogP contribution in [0.2, 0.25) is 0 Å². The fourth-order valence-electron chi connectivity index (χ4n) is 10.2. The highest BCUT2D eigenvalue weighted by molar-refractivity contribution is 7.92. The molecular weight excluding hydrogens is 883 g/mol. The molecule has 1 aliphatic carbocycles. The van der Waals surface area contributed by atoms with Crippen molar-refractivity contribution in [2.45, 2.75) is 99.5 Å². The molecule has 3 N–H and O–H groups in total. The summed E-state index contributed by atoms with van der Waals surface area (Å²) in [5, 5.41) is 11.9. The third-order valence-electron chi connectivity index (χ3n) is 14.0. The lowest BCUT2D eigenvalue weighted by atomic mass is 9.63. The average Bonchev–Trinajstić information content (AvgIpc) is 3.79. The average molecular weight is 938 g/mol. The van der Waals surface area contributed by atoms with Crippen LogP contribution in [0.4, 0.5) is 40.6 Å². The highest BCUT2D eigenvalue weighted by atomic mass is 32.2. The summed E-state index contributed by atoms with van der Waals surface area (Å²) in [6.45, 7) is 8.03. The number of amides is 2. The number of hydrogen-bond acceptors (Lipinski definition) is 13. The molecule has 9 rings (SSSR count). The second-order valence-corrected chi connectivity index (χ2v) is 20.6. The van der Waals surface area contributed by atoms with Crippen molar-refractivity contribution in [2.75, 3.05) is 68.1 Å². The molecule has 354 valence electrons. The van der Waals surface area contributed by atoms with Gasteiger partial charge in [0.1, 0.15) is 23.2 Å². The molecule has 15 nitrogen and oxygen atoms in total. The lowest BCUT2D eigenvalue weighted by Crippen LogP contribution is -2.52.